The van der Waals surface area contributed by atoms with E-state index in [1.807, 2.05) is 0 Å². The minimum atomic E-state index is -4.52. The van der Waals surface area contributed by atoms with E-state index in [4.69, 9.17) is 4.74 Å². The molecule has 0 fully saturated rings. The molecule has 1 N–H and O–H groups in total. The molecule has 166 valence electrons. The molecule has 0 heterocycles. The summed E-state index contributed by atoms with van der Waals surface area (Å²) in [6, 6.07) is 17.3. The molecule has 0 saturated carbocycles. The number of amides is 1. The minimum Gasteiger partial charge on any atom is -0.484 e. The van der Waals surface area contributed by atoms with Crippen LogP contribution in [0.4, 0.5) is 18.9 Å². The average molecular weight is 451 g/mol. The first-order chi connectivity index (χ1) is 15.7. The molecular formula is C25H16F3NO4. The number of carbonyl (C=O) groups excluding carboxylic acids is 3. The van der Waals surface area contributed by atoms with Crippen LogP contribution in [0.2, 0.25) is 0 Å². The largest absolute Gasteiger partial charge is 0.484 e. The van der Waals surface area contributed by atoms with E-state index in [9.17, 15) is 27.6 Å². The second kappa shape index (κ2) is 8.74. The number of hydrogen-bond acceptors (Lipinski definition) is 4. The van der Waals surface area contributed by atoms with E-state index in [0.29, 0.717) is 22.4 Å². The van der Waals surface area contributed by atoms with Gasteiger partial charge in [-0.25, -0.2) is 0 Å². The molecule has 3 aromatic carbocycles. The van der Waals surface area contributed by atoms with Gasteiger partial charge in [-0.05, 0) is 42.0 Å². The number of carbonyl (C=O) groups is 3. The Morgan fingerprint density at radius 2 is 1.55 bits per heavy atom. The molecule has 1 amide bonds. The number of halogens is 3. The quantitative estimate of drug-likeness (QED) is 0.428. The molecule has 0 spiro atoms. The lowest BCUT2D eigenvalue weighted by atomic mass is 10.1. The van der Waals surface area contributed by atoms with Crippen LogP contribution >= 0.6 is 0 Å². The van der Waals surface area contributed by atoms with Crippen LogP contribution < -0.4 is 10.1 Å². The normalized spacial score (nSPS) is 13.0. The summed E-state index contributed by atoms with van der Waals surface area (Å²) < 4.78 is 43.8. The first kappa shape index (κ1) is 22.0. The van der Waals surface area contributed by atoms with Crippen molar-refractivity contribution in [2.24, 2.45) is 0 Å². The highest BCUT2D eigenvalue weighted by molar-refractivity contribution is 6.41. The molecule has 1 aliphatic carbocycles. The number of nitrogens with one attached hydrogen (secondary N) is 1. The van der Waals surface area contributed by atoms with E-state index in [1.165, 1.54) is 18.2 Å². The number of alkyl halides is 3. The number of allylic oxidation sites excluding steroid dienone is 1. The first-order valence-electron chi connectivity index (χ1n) is 9.82. The maximum absolute atomic E-state index is 12.8. The number of fused-ring (bicyclic) bond motifs is 1. The lowest BCUT2D eigenvalue weighted by molar-refractivity contribution is -0.137. The highest BCUT2D eigenvalue weighted by Gasteiger charge is 2.32. The van der Waals surface area contributed by atoms with Gasteiger partial charge in [-0.3, -0.25) is 14.4 Å². The molecule has 8 heteroatoms. The Hall–Kier alpha value is -4.20. The van der Waals surface area contributed by atoms with Crippen LogP contribution in [0.3, 0.4) is 0 Å². The Morgan fingerprint density at radius 3 is 2.21 bits per heavy atom. The van der Waals surface area contributed by atoms with Crippen molar-refractivity contribution >= 4 is 29.2 Å². The Kier molecular flexibility index (Phi) is 5.83. The number of hydrogen-bond donors (Lipinski definition) is 1. The zero-order valence-electron chi connectivity index (χ0n) is 17.0. The summed E-state index contributed by atoms with van der Waals surface area (Å²) in [5.74, 6) is -1.07. The van der Waals surface area contributed by atoms with Gasteiger partial charge in [0.05, 0.1) is 11.1 Å². The summed E-state index contributed by atoms with van der Waals surface area (Å²) in [7, 11) is 0. The molecular weight excluding hydrogens is 435 g/mol. The molecule has 1 aliphatic rings. The van der Waals surface area contributed by atoms with Gasteiger partial charge >= 0.3 is 6.18 Å². The summed E-state index contributed by atoms with van der Waals surface area (Å²) in [6.07, 6.45) is -3.06. The molecule has 0 radical (unpaired) electrons. The molecule has 33 heavy (non-hydrogen) atoms. The van der Waals surface area contributed by atoms with E-state index in [0.717, 1.165) is 12.1 Å². The maximum Gasteiger partial charge on any atom is 0.416 e. The van der Waals surface area contributed by atoms with E-state index in [-0.39, 0.29) is 22.8 Å². The number of benzene rings is 3. The molecule has 0 unspecified atom stereocenters. The van der Waals surface area contributed by atoms with Crippen LogP contribution in [0.5, 0.6) is 5.75 Å². The second-order valence-corrected chi connectivity index (χ2v) is 7.25. The molecule has 0 bridgehead atoms. The molecule has 0 atom stereocenters. The fraction of sp³-hybridized carbons (Fsp3) is 0.0800. The van der Waals surface area contributed by atoms with Crippen molar-refractivity contribution in [1.82, 2.24) is 0 Å². The van der Waals surface area contributed by atoms with Crippen molar-refractivity contribution < 1.29 is 32.3 Å². The fourth-order valence-corrected chi connectivity index (χ4v) is 3.38. The van der Waals surface area contributed by atoms with E-state index in [1.54, 1.807) is 48.5 Å². The van der Waals surface area contributed by atoms with Gasteiger partial charge in [0.2, 0.25) is 0 Å². The first-order valence-corrected chi connectivity index (χ1v) is 9.82. The van der Waals surface area contributed by atoms with Crippen LogP contribution in [0, 0.1) is 0 Å². The highest BCUT2D eigenvalue weighted by atomic mass is 19.4. The van der Waals surface area contributed by atoms with E-state index in [2.05, 4.69) is 5.32 Å². The summed E-state index contributed by atoms with van der Waals surface area (Å²) in [4.78, 5) is 37.2. The SMILES string of the molecule is O=C(COc1cccc(C=C2C(=O)c3ccccc3C2=O)c1)Nc1cccc(C(F)(F)F)c1. The fourth-order valence-electron chi connectivity index (χ4n) is 3.38. The van der Waals surface area contributed by atoms with Crippen molar-refractivity contribution in [2.45, 2.75) is 6.18 Å². The van der Waals surface area contributed by atoms with Gasteiger partial charge in [-0.1, -0.05) is 42.5 Å². The molecule has 0 saturated heterocycles. The number of ketones is 2. The number of ether oxygens (including phenoxy) is 1. The molecule has 4 rings (SSSR count). The summed E-state index contributed by atoms with van der Waals surface area (Å²) in [5, 5.41) is 2.35. The molecule has 0 aromatic heterocycles. The predicted molar refractivity (Wildman–Crippen MR) is 115 cm³/mol. The summed E-state index contributed by atoms with van der Waals surface area (Å²) >= 11 is 0. The molecule has 5 nitrogen and oxygen atoms in total. The van der Waals surface area contributed by atoms with Gasteiger partial charge < -0.3 is 10.1 Å². The minimum absolute atomic E-state index is 0.00488. The van der Waals surface area contributed by atoms with Crippen molar-refractivity contribution in [2.75, 3.05) is 11.9 Å². The molecule has 3 aromatic rings. The van der Waals surface area contributed by atoms with Crippen LogP contribution in [0.15, 0.2) is 78.4 Å². The van der Waals surface area contributed by atoms with Gasteiger partial charge in [-0.2, -0.15) is 13.2 Å². The third kappa shape index (κ3) is 4.85. The summed E-state index contributed by atoms with van der Waals surface area (Å²) in [5.41, 5.74) is 0.389. The van der Waals surface area contributed by atoms with Crippen LogP contribution in [-0.2, 0) is 11.0 Å². The zero-order chi connectivity index (χ0) is 23.6. The predicted octanol–water partition coefficient (Wildman–Crippen LogP) is 5.19. The van der Waals surface area contributed by atoms with Crippen molar-refractivity contribution in [3.63, 3.8) is 0 Å². The second-order valence-electron chi connectivity index (χ2n) is 7.25. The maximum atomic E-state index is 12.8. The Morgan fingerprint density at radius 1 is 0.879 bits per heavy atom. The lowest BCUT2D eigenvalue weighted by Crippen LogP contribution is -2.20. The number of Topliss-reactive ketones (excluding diaryl/α,β-unsaturated/α-hetero) is 2. The Balaban J connectivity index is 1.42. The lowest BCUT2D eigenvalue weighted by Gasteiger charge is -2.11. The van der Waals surface area contributed by atoms with E-state index >= 15 is 0 Å². The zero-order valence-corrected chi connectivity index (χ0v) is 17.0. The Bertz CT molecular complexity index is 1260. The average Bonchev–Trinajstić information content (AvgIpc) is 3.03. The van der Waals surface area contributed by atoms with Gasteiger partial charge in [0.15, 0.2) is 18.2 Å². The van der Waals surface area contributed by atoms with Crippen LogP contribution in [-0.4, -0.2) is 24.1 Å². The van der Waals surface area contributed by atoms with Gasteiger partial charge in [0.25, 0.3) is 5.91 Å². The number of anilines is 1. The smallest absolute Gasteiger partial charge is 0.416 e. The van der Waals surface area contributed by atoms with Gasteiger partial charge in [0, 0.05) is 16.8 Å². The standard InChI is InChI=1S/C25H16F3NO4/c26-25(27,28)16-6-4-7-17(13-16)29-22(30)14-33-18-8-3-5-15(11-18)12-21-23(31)19-9-1-2-10-20(19)24(21)32/h1-13H,14H2,(H,29,30). The molecule has 0 aliphatic heterocycles. The highest BCUT2D eigenvalue weighted by Crippen LogP contribution is 2.31. The third-order valence-corrected chi connectivity index (χ3v) is 4.92. The van der Waals surface area contributed by atoms with Crippen LogP contribution in [0.25, 0.3) is 6.08 Å². The van der Waals surface area contributed by atoms with Gasteiger partial charge in [0.1, 0.15) is 5.75 Å². The van der Waals surface area contributed by atoms with Crippen LogP contribution in [0.1, 0.15) is 31.8 Å². The van der Waals surface area contributed by atoms with Crippen molar-refractivity contribution in [3.05, 3.63) is 101 Å². The topological polar surface area (TPSA) is 72.5 Å². The monoisotopic (exact) mass is 451 g/mol. The van der Waals surface area contributed by atoms with Gasteiger partial charge in [-0.15, -0.1) is 0 Å². The Labute approximate surface area is 186 Å². The van der Waals surface area contributed by atoms with E-state index < -0.39 is 24.3 Å². The number of rotatable bonds is 5. The van der Waals surface area contributed by atoms with Crippen molar-refractivity contribution in [1.29, 1.82) is 0 Å². The third-order valence-electron chi connectivity index (χ3n) is 4.92. The summed E-state index contributed by atoms with van der Waals surface area (Å²) in [6.45, 7) is -0.445. The van der Waals surface area contributed by atoms with Crippen molar-refractivity contribution in [3.8, 4) is 5.75 Å².